The van der Waals surface area contributed by atoms with Crippen LogP contribution in [0, 0.1) is 0 Å². The van der Waals surface area contributed by atoms with Crippen molar-refractivity contribution in [1.29, 1.82) is 0 Å². The quantitative estimate of drug-likeness (QED) is 0.350. The fourth-order valence-electron chi connectivity index (χ4n) is 0.465. The minimum atomic E-state index is -0.0520. The predicted octanol–water partition coefficient (Wildman–Crippen LogP) is 2.47. The highest BCUT2D eigenvalue weighted by molar-refractivity contribution is 14.2. The van der Waals surface area contributed by atoms with E-state index < -0.39 is 0 Å². The minimum absolute atomic E-state index is 0.0520. The van der Waals surface area contributed by atoms with E-state index in [0.29, 0.717) is 4.05 Å². The summed E-state index contributed by atoms with van der Waals surface area (Å²) >= 11 is -0.0520. The molecule has 0 N–H and O–H groups in total. The smallest absolute Gasteiger partial charge is 0.110 e. The van der Waals surface area contributed by atoms with Crippen molar-refractivity contribution < 1.29 is 0 Å². The summed E-state index contributed by atoms with van der Waals surface area (Å²) in [4.78, 5) is 4.27. The molecule has 0 saturated carbocycles. The van der Waals surface area contributed by atoms with Gasteiger partial charge in [0.05, 0.1) is 0 Å². The van der Waals surface area contributed by atoms with Gasteiger partial charge >= 0.3 is 0 Å². The molecule has 1 heterocycles. The first-order valence-corrected chi connectivity index (χ1v) is 5.03. The standard InChI is InChI=1S/C6H9IN2/c1-5-3-8-6(2)7-9-4-5/h3-4,6H,1-2H3. The Morgan fingerprint density at radius 3 is 3.22 bits per heavy atom. The maximum atomic E-state index is 4.27. The van der Waals surface area contributed by atoms with Crippen LogP contribution in [0.2, 0.25) is 0 Å². The van der Waals surface area contributed by atoms with Crippen molar-refractivity contribution in [2.45, 2.75) is 17.9 Å². The van der Waals surface area contributed by atoms with Gasteiger partial charge in [0.1, 0.15) is 4.05 Å². The van der Waals surface area contributed by atoms with Crippen LogP contribution in [0.15, 0.2) is 19.9 Å². The maximum Gasteiger partial charge on any atom is 0.110 e. The average Bonchev–Trinajstić information content (AvgIpc) is 1.97. The van der Waals surface area contributed by atoms with E-state index in [1.165, 1.54) is 5.57 Å². The molecule has 3 heteroatoms. The van der Waals surface area contributed by atoms with Gasteiger partial charge in [0.2, 0.25) is 0 Å². The van der Waals surface area contributed by atoms with Crippen LogP contribution in [0.5, 0.6) is 0 Å². The Balaban J connectivity index is 2.75. The normalized spacial score (nSPS) is 26.4. The molecule has 0 aromatic rings. The van der Waals surface area contributed by atoms with E-state index in [-0.39, 0.29) is 21.0 Å². The molecule has 0 bridgehead atoms. The van der Waals surface area contributed by atoms with Gasteiger partial charge in [-0.1, -0.05) is 0 Å². The highest BCUT2D eigenvalue weighted by Crippen LogP contribution is 2.15. The van der Waals surface area contributed by atoms with E-state index in [9.17, 15) is 0 Å². The van der Waals surface area contributed by atoms with Gasteiger partial charge in [-0.05, 0) is 19.4 Å². The summed E-state index contributed by atoms with van der Waals surface area (Å²) in [5.74, 6) is 0. The molecule has 0 radical (unpaired) electrons. The van der Waals surface area contributed by atoms with Crippen molar-refractivity contribution in [3.63, 3.8) is 0 Å². The number of nitrogens with zero attached hydrogens (tertiary/aromatic N) is 2. The number of rotatable bonds is 0. The fraction of sp³-hybridized carbons (Fsp3) is 0.500. The Labute approximate surface area is 65.2 Å². The zero-order chi connectivity index (χ0) is 6.69. The molecule has 0 spiro atoms. The third-order valence-corrected chi connectivity index (χ3v) is 2.66. The molecule has 1 atom stereocenters. The summed E-state index contributed by atoms with van der Waals surface area (Å²) < 4.78 is 4.73. The Morgan fingerprint density at radius 1 is 1.67 bits per heavy atom. The Kier molecular flexibility index (Phi) is 2.50. The third kappa shape index (κ3) is 2.34. The number of aliphatic imine (C=N–C) groups is 1. The van der Waals surface area contributed by atoms with Gasteiger partial charge in [-0.3, -0.25) is 4.99 Å². The van der Waals surface area contributed by atoms with Crippen LogP contribution < -0.4 is 0 Å². The molecule has 1 unspecified atom stereocenters. The number of allylic oxidation sites excluding steroid dienone is 1. The van der Waals surface area contributed by atoms with E-state index in [2.05, 4.69) is 15.1 Å². The van der Waals surface area contributed by atoms with Crippen LogP contribution in [0.4, 0.5) is 0 Å². The van der Waals surface area contributed by atoms with Gasteiger partial charge < -0.3 is 0 Å². The van der Waals surface area contributed by atoms with Gasteiger partial charge in [0.15, 0.2) is 0 Å². The first-order valence-electron chi connectivity index (χ1n) is 2.82. The highest BCUT2D eigenvalue weighted by atomic mass is 127. The second-order valence-electron chi connectivity index (χ2n) is 1.92. The van der Waals surface area contributed by atoms with Gasteiger partial charge in [-0.15, -0.1) is 0 Å². The molecule has 0 saturated heterocycles. The van der Waals surface area contributed by atoms with Gasteiger partial charge in [0.25, 0.3) is 0 Å². The van der Waals surface area contributed by atoms with Gasteiger partial charge in [0, 0.05) is 33.4 Å². The van der Waals surface area contributed by atoms with Crippen molar-refractivity contribution >= 4 is 27.2 Å². The highest BCUT2D eigenvalue weighted by Gasteiger charge is 1.94. The van der Waals surface area contributed by atoms with E-state index in [0.717, 1.165) is 0 Å². The molecule has 50 valence electrons. The lowest BCUT2D eigenvalue weighted by atomic mass is 10.4. The topological polar surface area (TPSA) is 24.7 Å². The van der Waals surface area contributed by atoms with E-state index in [4.69, 9.17) is 0 Å². The molecule has 0 fully saturated rings. The van der Waals surface area contributed by atoms with Crippen LogP contribution in [-0.4, -0.2) is 10.3 Å². The first kappa shape index (κ1) is 7.05. The van der Waals surface area contributed by atoms with Crippen molar-refractivity contribution in [2.75, 3.05) is 0 Å². The second kappa shape index (κ2) is 3.20. The first-order chi connectivity index (χ1) is 4.29. The number of halogens is 1. The van der Waals surface area contributed by atoms with E-state index in [1.54, 1.807) is 0 Å². The lowest BCUT2D eigenvalue weighted by Crippen LogP contribution is -1.83. The van der Waals surface area contributed by atoms with Gasteiger partial charge in [-0.2, -0.15) is 0 Å². The van der Waals surface area contributed by atoms with E-state index in [1.807, 2.05) is 19.3 Å². The molecule has 0 aromatic carbocycles. The summed E-state index contributed by atoms with van der Waals surface area (Å²) in [6, 6.07) is 0. The van der Waals surface area contributed by atoms with Crippen LogP contribution in [-0.2, 0) is 0 Å². The monoisotopic (exact) mass is 236 g/mol. The summed E-state index contributed by atoms with van der Waals surface area (Å²) in [6.45, 7) is 4.13. The maximum absolute atomic E-state index is 4.27. The van der Waals surface area contributed by atoms with E-state index >= 15 is 0 Å². The molecular weight excluding hydrogens is 227 g/mol. The molecule has 2 nitrogen and oxygen atoms in total. The minimum Gasteiger partial charge on any atom is -0.278 e. The zero-order valence-electron chi connectivity index (χ0n) is 5.50. The molecule has 1 rings (SSSR count). The molecule has 9 heavy (non-hydrogen) atoms. The summed E-state index contributed by atoms with van der Waals surface area (Å²) in [5.41, 5.74) is 1.17. The Morgan fingerprint density at radius 2 is 2.44 bits per heavy atom. The Hall–Kier alpha value is -0.0600. The third-order valence-electron chi connectivity index (χ3n) is 0.934. The molecule has 1 aliphatic rings. The van der Waals surface area contributed by atoms with Crippen LogP contribution in [0.3, 0.4) is 0 Å². The van der Waals surface area contributed by atoms with Gasteiger partial charge in [-0.25, -0.2) is 3.15 Å². The molecule has 0 amide bonds. The second-order valence-corrected chi connectivity index (χ2v) is 4.84. The van der Waals surface area contributed by atoms with Crippen molar-refractivity contribution in [3.05, 3.63) is 11.8 Å². The predicted molar refractivity (Wildman–Crippen MR) is 48.2 cm³/mol. The zero-order valence-corrected chi connectivity index (χ0v) is 7.66. The van der Waals surface area contributed by atoms with Crippen molar-refractivity contribution in [1.82, 2.24) is 0 Å². The number of hydrogen-bond acceptors (Lipinski definition) is 2. The number of hydrogen-bond donors (Lipinski definition) is 0. The molecule has 0 aliphatic carbocycles. The summed E-state index contributed by atoms with van der Waals surface area (Å²) in [5, 5.41) is 0. The van der Waals surface area contributed by atoms with Crippen LogP contribution in [0.1, 0.15) is 13.8 Å². The Bertz CT molecular complexity index is 181. The largest absolute Gasteiger partial charge is 0.278 e. The van der Waals surface area contributed by atoms with Crippen LogP contribution in [0.25, 0.3) is 0 Å². The SMILES string of the molecule is CC1=CN=IC(C)N=C1. The summed E-state index contributed by atoms with van der Waals surface area (Å²) in [6.07, 6.45) is 3.82. The van der Waals surface area contributed by atoms with Crippen molar-refractivity contribution in [3.8, 4) is 0 Å². The lowest BCUT2D eigenvalue weighted by molar-refractivity contribution is 1.10. The summed E-state index contributed by atoms with van der Waals surface area (Å²) in [7, 11) is 0. The molecule has 0 aromatic heterocycles. The lowest BCUT2D eigenvalue weighted by Gasteiger charge is -1.89. The average molecular weight is 236 g/mol. The molecule has 1 aliphatic heterocycles. The van der Waals surface area contributed by atoms with Crippen molar-refractivity contribution in [2.24, 2.45) is 8.14 Å². The fourth-order valence-corrected chi connectivity index (χ4v) is 1.84. The molecular formula is C6H9IN2. The number of alkyl halides is 1. The van der Waals surface area contributed by atoms with Crippen LogP contribution >= 0.6 is 21.0 Å².